The van der Waals surface area contributed by atoms with Gasteiger partial charge in [0.2, 0.25) is 0 Å². The molecule has 86 valence electrons. The van der Waals surface area contributed by atoms with Crippen molar-refractivity contribution in [2.24, 2.45) is 5.41 Å². The lowest BCUT2D eigenvalue weighted by Gasteiger charge is -2.31. The van der Waals surface area contributed by atoms with Gasteiger partial charge in [0.1, 0.15) is 0 Å². The molecule has 0 aromatic rings. The maximum Gasteiger partial charge on any atom is 0.0584 e. The molecule has 0 amide bonds. The van der Waals surface area contributed by atoms with Crippen LogP contribution in [-0.2, 0) is 0 Å². The minimum atomic E-state index is -0.0113. The van der Waals surface area contributed by atoms with Crippen molar-refractivity contribution in [1.82, 2.24) is 5.32 Å². The third kappa shape index (κ3) is 3.95. The van der Waals surface area contributed by atoms with Crippen LogP contribution in [0.2, 0.25) is 0 Å². The van der Waals surface area contributed by atoms with Crippen LogP contribution < -0.4 is 5.32 Å². The molecule has 0 radical (unpaired) electrons. The molecular formula is C11H25NO2. The molecule has 0 bridgehead atoms. The van der Waals surface area contributed by atoms with Crippen LogP contribution in [0.15, 0.2) is 0 Å². The number of aliphatic hydroxyl groups is 2. The first-order valence-electron chi connectivity index (χ1n) is 5.63. The smallest absolute Gasteiger partial charge is 0.0584 e. The highest BCUT2D eigenvalue weighted by Gasteiger charge is 2.25. The highest BCUT2D eigenvalue weighted by Crippen LogP contribution is 2.24. The van der Waals surface area contributed by atoms with Gasteiger partial charge in [0.15, 0.2) is 0 Å². The minimum absolute atomic E-state index is 0.0113. The van der Waals surface area contributed by atoms with Gasteiger partial charge >= 0.3 is 0 Å². The summed E-state index contributed by atoms with van der Waals surface area (Å²) >= 11 is 0. The van der Waals surface area contributed by atoms with Crippen molar-refractivity contribution >= 4 is 0 Å². The normalized spacial score (nSPS) is 14.4. The molecule has 14 heavy (non-hydrogen) atoms. The number of aliphatic hydroxyl groups excluding tert-OH is 2. The average Bonchev–Trinajstić information content (AvgIpc) is 2.26. The molecule has 0 aromatic carbocycles. The summed E-state index contributed by atoms with van der Waals surface area (Å²) in [7, 11) is 0. The van der Waals surface area contributed by atoms with Crippen molar-refractivity contribution in [1.29, 1.82) is 0 Å². The molecule has 0 aromatic heterocycles. The van der Waals surface area contributed by atoms with Crippen LogP contribution >= 0.6 is 0 Å². The maximum atomic E-state index is 9.33. The van der Waals surface area contributed by atoms with Crippen molar-refractivity contribution in [3.8, 4) is 0 Å². The van der Waals surface area contributed by atoms with Crippen molar-refractivity contribution in [3.05, 3.63) is 0 Å². The molecule has 0 aliphatic carbocycles. The van der Waals surface area contributed by atoms with E-state index in [1.54, 1.807) is 0 Å². The van der Waals surface area contributed by atoms with Crippen LogP contribution in [0.5, 0.6) is 0 Å². The van der Waals surface area contributed by atoms with Gasteiger partial charge < -0.3 is 15.5 Å². The third-order valence-corrected chi connectivity index (χ3v) is 3.31. The van der Waals surface area contributed by atoms with Crippen molar-refractivity contribution in [2.75, 3.05) is 19.8 Å². The molecule has 0 saturated carbocycles. The summed E-state index contributed by atoms with van der Waals surface area (Å²) in [5, 5.41) is 21.7. The Bertz CT molecular complexity index is 123. The molecule has 0 unspecified atom stereocenters. The Balaban J connectivity index is 4.04. The molecule has 0 spiro atoms. The highest BCUT2D eigenvalue weighted by atomic mass is 16.3. The van der Waals surface area contributed by atoms with E-state index in [4.69, 9.17) is 5.11 Å². The summed E-state index contributed by atoms with van der Waals surface area (Å²) in [5.74, 6) is 0. The van der Waals surface area contributed by atoms with E-state index < -0.39 is 0 Å². The van der Waals surface area contributed by atoms with Crippen molar-refractivity contribution < 1.29 is 10.2 Å². The quantitative estimate of drug-likeness (QED) is 0.554. The Kier molecular flexibility index (Phi) is 7.15. The number of hydrogen-bond acceptors (Lipinski definition) is 3. The molecule has 0 fully saturated rings. The van der Waals surface area contributed by atoms with E-state index in [9.17, 15) is 5.11 Å². The Hall–Kier alpha value is -0.120. The molecule has 0 aliphatic rings. The zero-order valence-electron chi connectivity index (χ0n) is 9.71. The highest BCUT2D eigenvalue weighted by molar-refractivity contribution is 4.80. The van der Waals surface area contributed by atoms with Gasteiger partial charge in [-0.3, -0.25) is 0 Å². The third-order valence-electron chi connectivity index (χ3n) is 3.31. The summed E-state index contributed by atoms with van der Waals surface area (Å²) in [5.41, 5.74) is -0.0113. The van der Waals surface area contributed by atoms with E-state index in [0.29, 0.717) is 0 Å². The Labute approximate surface area is 87.5 Å². The van der Waals surface area contributed by atoms with Crippen LogP contribution in [0.3, 0.4) is 0 Å². The fourth-order valence-corrected chi connectivity index (χ4v) is 1.48. The summed E-state index contributed by atoms with van der Waals surface area (Å²) in [6.07, 6.45) is 2.86. The van der Waals surface area contributed by atoms with Gasteiger partial charge in [-0.25, -0.2) is 0 Å². The van der Waals surface area contributed by atoms with E-state index in [0.717, 1.165) is 25.8 Å². The predicted molar refractivity (Wildman–Crippen MR) is 59.3 cm³/mol. The van der Waals surface area contributed by atoms with Crippen LogP contribution in [0.4, 0.5) is 0 Å². The minimum Gasteiger partial charge on any atom is -0.396 e. The van der Waals surface area contributed by atoms with E-state index >= 15 is 0 Å². The van der Waals surface area contributed by atoms with Gasteiger partial charge in [0, 0.05) is 24.6 Å². The molecule has 0 heterocycles. The summed E-state index contributed by atoms with van der Waals surface area (Å²) in [6, 6.07) is 0.166. The molecule has 3 N–H and O–H groups in total. The first kappa shape index (κ1) is 13.9. The van der Waals surface area contributed by atoms with Gasteiger partial charge in [-0.2, -0.15) is 0 Å². The second-order valence-corrected chi connectivity index (χ2v) is 4.03. The van der Waals surface area contributed by atoms with Crippen LogP contribution in [0.1, 0.15) is 40.0 Å². The monoisotopic (exact) mass is 203 g/mol. The van der Waals surface area contributed by atoms with E-state index in [1.165, 1.54) is 0 Å². The van der Waals surface area contributed by atoms with E-state index in [2.05, 4.69) is 19.2 Å². The van der Waals surface area contributed by atoms with Crippen LogP contribution in [-0.4, -0.2) is 36.0 Å². The molecule has 1 atom stereocenters. The van der Waals surface area contributed by atoms with Gasteiger partial charge in [-0.05, 0) is 19.3 Å². The second kappa shape index (κ2) is 7.21. The van der Waals surface area contributed by atoms with Crippen molar-refractivity contribution in [3.63, 3.8) is 0 Å². The molecular weight excluding hydrogens is 178 g/mol. The maximum absolute atomic E-state index is 9.33. The second-order valence-electron chi connectivity index (χ2n) is 4.03. The summed E-state index contributed by atoms with van der Waals surface area (Å²) < 4.78 is 0. The summed E-state index contributed by atoms with van der Waals surface area (Å²) in [4.78, 5) is 0. The Morgan fingerprint density at radius 3 is 2.00 bits per heavy atom. The Morgan fingerprint density at radius 2 is 1.71 bits per heavy atom. The fraction of sp³-hybridized carbons (Fsp3) is 1.00. The Morgan fingerprint density at radius 1 is 1.14 bits per heavy atom. The lowest BCUT2D eigenvalue weighted by molar-refractivity contribution is 0.104. The van der Waals surface area contributed by atoms with Crippen LogP contribution in [0.25, 0.3) is 0 Å². The average molecular weight is 203 g/mol. The number of rotatable bonds is 8. The number of nitrogens with one attached hydrogen (secondary N) is 1. The molecule has 3 nitrogen and oxygen atoms in total. The largest absolute Gasteiger partial charge is 0.396 e. The lowest BCUT2D eigenvalue weighted by atomic mass is 9.83. The van der Waals surface area contributed by atoms with Gasteiger partial charge in [0.25, 0.3) is 0 Å². The van der Waals surface area contributed by atoms with Crippen molar-refractivity contribution in [2.45, 2.75) is 46.1 Å². The fourth-order valence-electron chi connectivity index (χ4n) is 1.48. The van der Waals surface area contributed by atoms with Gasteiger partial charge in [-0.1, -0.05) is 20.8 Å². The molecule has 0 rings (SSSR count). The van der Waals surface area contributed by atoms with Crippen LogP contribution in [0, 0.1) is 5.41 Å². The zero-order chi connectivity index (χ0) is 11.0. The molecule has 0 saturated heterocycles. The van der Waals surface area contributed by atoms with Gasteiger partial charge in [0.05, 0.1) is 6.61 Å². The SMILES string of the molecule is CC[C@@H](CO)NCC(CC)(CC)CO. The van der Waals surface area contributed by atoms with Gasteiger partial charge in [-0.15, -0.1) is 0 Å². The topological polar surface area (TPSA) is 52.5 Å². The predicted octanol–water partition coefficient (Wildman–Crippen LogP) is 1.15. The standard InChI is InChI=1S/C11H25NO2/c1-4-10(7-13)12-8-11(5-2,6-3)9-14/h10,12-14H,4-9H2,1-3H3/t10-/m0/s1. The lowest BCUT2D eigenvalue weighted by Crippen LogP contribution is -2.42. The molecule has 3 heteroatoms. The first-order valence-corrected chi connectivity index (χ1v) is 5.63. The van der Waals surface area contributed by atoms with E-state index in [1.807, 2.05) is 6.92 Å². The zero-order valence-corrected chi connectivity index (χ0v) is 9.71. The number of hydrogen-bond donors (Lipinski definition) is 3. The first-order chi connectivity index (χ1) is 6.67. The molecule has 0 aliphatic heterocycles. The van der Waals surface area contributed by atoms with E-state index in [-0.39, 0.29) is 24.7 Å². The summed E-state index contributed by atoms with van der Waals surface area (Å²) in [6.45, 7) is 7.42.